The summed E-state index contributed by atoms with van der Waals surface area (Å²) < 4.78 is 30.5. The topological polar surface area (TPSA) is 104 Å². The number of fused-ring (bicyclic) bond motifs is 2. The van der Waals surface area contributed by atoms with Gasteiger partial charge in [-0.1, -0.05) is 0 Å². The van der Waals surface area contributed by atoms with Crippen molar-refractivity contribution in [1.82, 2.24) is 0 Å². The third-order valence-corrected chi connectivity index (χ3v) is 3.87. The highest BCUT2D eigenvalue weighted by Crippen LogP contribution is 2.22. The van der Waals surface area contributed by atoms with Crippen molar-refractivity contribution < 1.29 is 37.8 Å². The smallest absolute Gasteiger partial charge is 0.468 e. The second-order valence-electron chi connectivity index (χ2n) is 5.94. The molecular weight excluding hydrogens is 379 g/mol. The quantitative estimate of drug-likeness (QED) is 0.360. The van der Waals surface area contributed by atoms with Gasteiger partial charge in [-0.2, -0.15) is 0 Å². The van der Waals surface area contributed by atoms with E-state index in [0.717, 1.165) is 22.1 Å². The van der Waals surface area contributed by atoms with Crippen molar-refractivity contribution in [3.8, 4) is 11.5 Å². The van der Waals surface area contributed by atoms with Crippen molar-refractivity contribution in [2.24, 2.45) is 0 Å². The van der Waals surface area contributed by atoms with Crippen molar-refractivity contribution in [2.75, 3.05) is 27.8 Å². The summed E-state index contributed by atoms with van der Waals surface area (Å²) >= 11 is 0. The molecule has 2 N–H and O–H groups in total. The molecule has 0 fully saturated rings. The van der Waals surface area contributed by atoms with E-state index in [1.165, 1.54) is 7.11 Å². The molecule has 2 aromatic carbocycles. The monoisotopic (exact) mass is 400 g/mol. The van der Waals surface area contributed by atoms with Crippen LogP contribution < -0.4 is 15.1 Å². The first-order chi connectivity index (χ1) is 14.1. The minimum absolute atomic E-state index is 0.110. The van der Waals surface area contributed by atoms with Crippen molar-refractivity contribution >= 4 is 34.7 Å². The van der Waals surface area contributed by atoms with Gasteiger partial charge in [0.2, 0.25) is 0 Å². The number of ether oxygens (including phenoxy) is 4. The molecule has 0 saturated carbocycles. The fourth-order valence-electron chi connectivity index (χ4n) is 2.55. The van der Waals surface area contributed by atoms with Gasteiger partial charge < -0.3 is 37.8 Å². The number of hydrogen-bond acceptors (Lipinski definition) is 8. The summed E-state index contributed by atoms with van der Waals surface area (Å²) in [4.78, 5) is 0. The van der Waals surface area contributed by atoms with E-state index in [4.69, 9.17) is 37.8 Å². The lowest BCUT2D eigenvalue weighted by Crippen LogP contribution is -2.27. The van der Waals surface area contributed by atoms with Crippen LogP contribution in [0.25, 0.3) is 21.9 Å². The summed E-state index contributed by atoms with van der Waals surface area (Å²) in [5.41, 5.74) is 1.55. The summed E-state index contributed by atoms with van der Waals surface area (Å²) in [5.74, 6) is 1.42. The Morgan fingerprint density at radius 1 is 0.793 bits per heavy atom. The van der Waals surface area contributed by atoms with Crippen molar-refractivity contribution in [3.63, 3.8) is 0 Å². The van der Waals surface area contributed by atoms with Gasteiger partial charge in [-0.25, -0.2) is 0 Å². The highest BCUT2D eigenvalue weighted by atomic mass is 16.7. The molecule has 0 saturated heterocycles. The second-order valence-corrected chi connectivity index (χ2v) is 5.94. The van der Waals surface area contributed by atoms with Gasteiger partial charge in [0, 0.05) is 25.0 Å². The number of rotatable bonds is 7. The van der Waals surface area contributed by atoms with Gasteiger partial charge in [-0.05, 0) is 48.5 Å². The Balaban J connectivity index is 0.000000169. The zero-order chi connectivity index (χ0) is 20.6. The summed E-state index contributed by atoms with van der Waals surface area (Å²) in [6.07, 6.45) is 1.66. The Labute approximate surface area is 167 Å². The van der Waals surface area contributed by atoms with Crippen LogP contribution in [0.1, 0.15) is 0 Å². The molecular formula is C20H21BO8. The van der Waals surface area contributed by atoms with Crippen LogP contribution in [-0.2, 0) is 9.47 Å². The van der Waals surface area contributed by atoms with E-state index in [2.05, 4.69) is 0 Å². The van der Waals surface area contributed by atoms with Crippen molar-refractivity contribution in [2.45, 2.75) is 0 Å². The summed E-state index contributed by atoms with van der Waals surface area (Å²) in [6, 6.07) is 14.3. The average Bonchev–Trinajstić information content (AvgIpc) is 3.37. The average molecular weight is 400 g/mol. The molecule has 9 heteroatoms. The van der Waals surface area contributed by atoms with Crippen LogP contribution in [0.2, 0.25) is 0 Å². The third-order valence-electron chi connectivity index (χ3n) is 3.87. The van der Waals surface area contributed by atoms with Gasteiger partial charge in [-0.3, -0.25) is 0 Å². The molecule has 4 rings (SSSR count). The van der Waals surface area contributed by atoms with E-state index < -0.39 is 7.12 Å². The van der Waals surface area contributed by atoms with Crippen molar-refractivity contribution in [3.05, 3.63) is 54.8 Å². The van der Waals surface area contributed by atoms with Crippen LogP contribution in [0.15, 0.2) is 63.6 Å². The lowest BCUT2D eigenvalue weighted by atomic mass is 9.88. The van der Waals surface area contributed by atoms with Crippen LogP contribution in [0.3, 0.4) is 0 Å². The SMILES string of the molecule is COCOc1ccc2oc(B(O)O)cc2c1.COCOc1ccc2occc2c1. The van der Waals surface area contributed by atoms with Gasteiger partial charge in [-0.15, -0.1) is 0 Å². The normalized spacial score (nSPS) is 10.6. The molecule has 0 aliphatic rings. The molecule has 0 aliphatic heterocycles. The molecule has 8 nitrogen and oxygen atoms in total. The van der Waals surface area contributed by atoms with Gasteiger partial charge in [0.05, 0.1) is 6.26 Å². The maximum absolute atomic E-state index is 8.95. The fraction of sp³-hybridized carbons (Fsp3) is 0.200. The van der Waals surface area contributed by atoms with E-state index in [0.29, 0.717) is 11.3 Å². The first-order valence-corrected chi connectivity index (χ1v) is 8.71. The minimum Gasteiger partial charge on any atom is -0.468 e. The molecule has 2 aromatic heterocycles. The Hall–Kier alpha value is -2.98. The molecule has 152 valence electrons. The van der Waals surface area contributed by atoms with E-state index >= 15 is 0 Å². The molecule has 0 bridgehead atoms. The van der Waals surface area contributed by atoms with Gasteiger partial charge in [0.1, 0.15) is 28.3 Å². The Morgan fingerprint density at radius 3 is 2.03 bits per heavy atom. The molecule has 0 unspecified atom stereocenters. The largest absolute Gasteiger partial charge is 0.526 e. The lowest BCUT2D eigenvalue weighted by Gasteiger charge is -2.03. The molecule has 4 aromatic rings. The predicted molar refractivity (Wildman–Crippen MR) is 107 cm³/mol. The Kier molecular flexibility index (Phi) is 7.15. The first-order valence-electron chi connectivity index (χ1n) is 8.71. The van der Waals surface area contributed by atoms with Gasteiger partial charge in [0.25, 0.3) is 0 Å². The fourth-order valence-corrected chi connectivity index (χ4v) is 2.55. The molecule has 0 spiro atoms. The number of furan rings is 2. The van der Waals surface area contributed by atoms with Gasteiger partial charge >= 0.3 is 7.12 Å². The third kappa shape index (κ3) is 5.52. The highest BCUT2D eigenvalue weighted by molar-refractivity contribution is 6.57. The van der Waals surface area contributed by atoms with Crippen LogP contribution >= 0.6 is 0 Å². The number of methoxy groups -OCH3 is 2. The highest BCUT2D eigenvalue weighted by Gasteiger charge is 2.17. The zero-order valence-corrected chi connectivity index (χ0v) is 16.0. The second kappa shape index (κ2) is 9.99. The molecule has 29 heavy (non-hydrogen) atoms. The number of benzene rings is 2. The first kappa shape index (κ1) is 20.8. The lowest BCUT2D eigenvalue weighted by molar-refractivity contribution is 0.0510. The minimum atomic E-state index is -1.60. The Morgan fingerprint density at radius 2 is 1.41 bits per heavy atom. The summed E-state index contributed by atoms with van der Waals surface area (Å²) in [7, 11) is 1.53. The van der Waals surface area contributed by atoms with Crippen LogP contribution in [0.5, 0.6) is 11.5 Å². The van der Waals surface area contributed by atoms with E-state index in [1.54, 1.807) is 37.6 Å². The molecule has 0 atom stereocenters. The maximum atomic E-state index is 8.95. The van der Waals surface area contributed by atoms with Crippen LogP contribution in [0, 0.1) is 0 Å². The van der Waals surface area contributed by atoms with Gasteiger partial charge in [0.15, 0.2) is 13.6 Å². The molecule has 2 heterocycles. The molecule has 0 aliphatic carbocycles. The molecule has 0 radical (unpaired) electrons. The Bertz CT molecular complexity index is 1040. The zero-order valence-electron chi connectivity index (χ0n) is 16.0. The number of hydrogen-bond donors (Lipinski definition) is 2. The van der Waals surface area contributed by atoms with E-state index in [1.807, 2.05) is 24.3 Å². The van der Waals surface area contributed by atoms with E-state index in [9.17, 15) is 0 Å². The van der Waals surface area contributed by atoms with Crippen LogP contribution in [-0.4, -0.2) is 45.0 Å². The molecule has 0 amide bonds. The maximum Gasteiger partial charge on any atom is 0.526 e. The summed E-state index contributed by atoms with van der Waals surface area (Å²) in [5, 5.41) is 19.7. The van der Waals surface area contributed by atoms with Crippen molar-refractivity contribution in [1.29, 1.82) is 0 Å². The standard InChI is InChI=1S/C10H11BO5.C10H10O3/c1-14-6-15-8-2-3-9-7(4-8)5-10(16-9)11(12)13;1-11-7-13-9-2-3-10-8(6-9)4-5-12-10/h2-5,12-13H,6H2,1H3;2-6H,7H2,1H3. The predicted octanol–water partition coefficient (Wildman–Crippen LogP) is 2.51. The van der Waals surface area contributed by atoms with Crippen LogP contribution in [0.4, 0.5) is 0 Å². The summed E-state index contributed by atoms with van der Waals surface area (Å²) in [6.45, 7) is 0.433. The van der Waals surface area contributed by atoms with E-state index in [-0.39, 0.29) is 19.2 Å².